The molecule has 1 aliphatic rings. The summed E-state index contributed by atoms with van der Waals surface area (Å²) in [5.74, 6) is 0. The minimum atomic E-state index is -0.772. The van der Waals surface area contributed by atoms with E-state index >= 15 is 0 Å². The van der Waals surface area contributed by atoms with Gasteiger partial charge in [0.25, 0.3) is 0 Å². The number of anilines is 1. The van der Waals surface area contributed by atoms with Crippen LogP contribution in [0.15, 0.2) is 24.5 Å². The number of nitrogens with zero attached hydrogens (tertiary/aromatic N) is 1. The van der Waals surface area contributed by atoms with E-state index in [1.807, 2.05) is 0 Å². The molecule has 1 fully saturated rings. The molecule has 2 rings (SSSR count). The molecule has 1 saturated carbocycles. The molecule has 16 heavy (non-hydrogen) atoms. The fraction of sp³-hybridized carbons (Fsp3) is 0.455. The summed E-state index contributed by atoms with van der Waals surface area (Å²) in [4.78, 5) is 15.4. The van der Waals surface area contributed by atoms with Crippen molar-refractivity contribution in [1.29, 1.82) is 0 Å². The Kier molecular flexibility index (Phi) is 3.34. The van der Waals surface area contributed by atoms with Gasteiger partial charge < -0.3 is 10.6 Å². The van der Waals surface area contributed by atoms with Crippen molar-refractivity contribution in [2.45, 2.75) is 31.5 Å². The largest absolute Gasteiger partial charge is 0.335 e. The number of hydrogen-bond acceptors (Lipinski definition) is 2. The molecule has 2 amide bonds. The van der Waals surface area contributed by atoms with Crippen molar-refractivity contribution in [3.63, 3.8) is 0 Å². The quantitative estimate of drug-likeness (QED) is 0.806. The molecule has 2 N–H and O–H groups in total. The standard InChI is InChI=1S/C11H14FN3O/c12-8-1-2-10(7-8)15-11(16)14-9-3-5-13-6-4-9/h3-6,8,10H,1-2,7H2,(H2,13,14,15,16)/t8-,10-/m0/s1. The zero-order valence-electron chi connectivity index (χ0n) is 8.82. The van der Waals surface area contributed by atoms with Gasteiger partial charge in [-0.3, -0.25) is 4.98 Å². The number of aromatic nitrogens is 1. The van der Waals surface area contributed by atoms with E-state index in [4.69, 9.17) is 0 Å². The monoisotopic (exact) mass is 223 g/mol. The lowest BCUT2D eigenvalue weighted by atomic mass is 10.2. The number of carbonyl (C=O) groups is 1. The number of urea groups is 1. The Bertz CT molecular complexity index is 358. The molecular formula is C11H14FN3O. The molecule has 5 heteroatoms. The number of pyridine rings is 1. The number of alkyl halides is 1. The first-order chi connectivity index (χ1) is 7.74. The first-order valence-corrected chi connectivity index (χ1v) is 5.35. The summed E-state index contributed by atoms with van der Waals surface area (Å²) in [7, 11) is 0. The molecule has 86 valence electrons. The molecule has 0 spiro atoms. The third-order valence-electron chi connectivity index (χ3n) is 2.64. The van der Waals surface area contributed by atoms with Crippen LogP contribution in [0, 0.1) is 0 Å². The predicted molar refractivity (Wildman–Crippen MR) is 58.9 cm³/mol. The summed E-state index contributed by atoms with van der Waals surface area (Å²) < 4.78 is 12.9. The summed E-state index contributed by atoms with van der Waals surface area (Å²) in [6, 6.07) is 3.07. The van der Waals surface area contributed by atoms with Crippen molar-refractivity contribution in [1.82, 2.24) is 10.3 Å². The number of halogens is 1. The van der Waals surface area contributed by atoms with Gasteiger partial charge in [0, 0.05) is 24.1 Å². The highest BCUT2D eigenvalue weighted by molar-refractivity contribution is 5.89. The Balaban J connectivity index is 1.81. The fourth-order valence-electron chi connectivity index (χ4n) is 1.85. The van der Waals surface area contributed by atoms with Crippen molar-refractivity contribution in [2.75, 3.05) is 5.32 Å². The van der Waals surface area contributed by atoms with Crippen LogP contribution in [0.25, 0.3) is 0 Å². The van der Waals surface area contributed by atoms with Gasteiger partial charge in [-0.05, 0) is 31.4 Å². The molecule has 0 unspecified atom stereocenters. The van der Waals surface area contributed by atoms with Crippen LogP contribution >= 0.6 is 0 Å². The Morgan fingerprint density at radius 1 is 1.38 bits per heavy atom. The fourth-order valence-corrected chi connectivity index (χ4v) is 1.85. The zero-order valence-corrected chi connectivity index (χ0v) is 8.82. The molecule has 0 saturated heterocycles. The van der Waals surface area contributed by atoms with Crippen LogP contribution in [-0.2, 0) is 0 Å². The highest BCUT2D eigenvalue weighted by atomic mass is 19.1. The molecule has 1 aromatic heterocycles. The van der Waals surface area contributed by atoms with Crippen LogP contribution in [0.2, 0.25) is 0 Å². The molecule has 4 nitrogen and oxygen atoms in total. The predicted octanol–water partition coefficient (Wildman–Crippen LogP) is 2.09. The van der Waals surface area contributed by atoms with Crippen molar-refractivity contribution in [3.8, 4) is 0 Å². The lowest BCUT2D eigenvalue weighted by Gasteiger charge is -2.12. The van der Waals surface area contributed by atoms with Crippen molar-refractivity contribution in [3.05, 3.63) is 24.5 Å². The maximum absolute atomic E-state index is 12.9. The average molecular weight is 223 g/mol. The van der Waals surface area contributed by atoms with Crippen molar-refractivity contribution < 1.29 is 9.18 Å². The summed E-state index contributed by atoms with van der Waals surface area (Å²) in [5, 5.41) is 5.42. The average Bonchev–Trinajstić information content (AvgIpc) is 2.65. The van der Waals surface area contributed by atoms with Gasteiger partial charge >= 0.3 is 6.03 Å². The molecule has 1 heterocycles. The molecular weight excluding hydrogens is 209 g/mol. The van der Waals surface area contributed by atoms with E-state index in [2.05, 4.69) is 15.6 Å². The van der Waals surface area contributed by atoms with Gasteiger partial charge in [0.15, 0.2) is 0 Å². The maximum Gasteiger partial charge on any atom is 0.319 e. The second-order valence-corrected chi connectivity index (χ2v) is 3.94. The molecule has 0 bridgehead atoms. The lowest BCUT2D eigenvalue weighted by Crippen LogP contribution is -2.36. The highest BCUT2D eigenvalue weighted by Crippen LogP contribution is 2.21. The highest BCUT2D eigenvalue weighted by Gasteiger charge is 2.25. The van der Waals surface area contributed by atoms with Crippen molar-refractivity contribution >= 4 is 11.7 Å². The summed E-state index contributed by atoms with van der Waals surface area (Å²) in [6.07, 6.45) is 4.10. The van der Waals surface area contributed by atoms with E-state index in [-0.39, 0.29) is 12.1 Å². The number of rotatable bonds is 2. The van der Waals surface area contributed by atoms with Gasteiger partial charge in [-0.25, -0.2) is 9.18 Å². The van der Waals surface area contributed by atoms with Gasteiger partial charge in [0.1, 0.15) is 6.17 Å². The van der Waals surface area contributed by atoms with E-state index < -0.39 is 6.17 Å². The molecule has 1 aromatic rings. The topological polar surface area (TPSA) is 54.0 Å². The van der Waals surface area contributed by atoms with Crippen LogP contribution in [0.5, 0.6) is 0 Å². The summed E-state index contributed by atoms with van der Waals surface area (Å²) in [6.45, 7) is 0. The zero-order chi connectivity index (χ0) is 11.4. The second kappa shape index (κ2) is 4.92. The van der Waals surface area contributed by atoms with Gasteiger partial charge in [-0.15, -0.1) is 0 Å². The molecule has 0 aliphatic heterocycles. The third kappa shape index (κ3) is 2.92. The summed E-state index contributed by atoms with van der Waals surface area (Å²) in [5.41, 5.74) is 0.683. The molecule has 0 radical (unpaired) electrons. The lowest BCUT2D eigenvalue weighted by molar-refractivity contribution is 0.247. The molecule has 1 aliphatic carbocycles. The third-order valence-corrected chi connectivity index (χ3v) is 2.64. The van der Waals surface area contributed by atoms with Crippen LogP contribution in [0.3, 0.4) is 0 Å². The Labute approximate surface area is 93.3 Å². The van der Waals surface area contributed by atoms with Gasteiger partial charge in [0.2, 0.25) is 0 Å². The van der Waals surface area contributed by atoms with E-state index in [1.165, 1.54) is 0 Å². The van der Waals surface area contributed by atoms with E-state index in [9.17, 15) is 9.18 Å². The first-order valence-electron chi connectivity index (χ1n) is 5.35. The van der Waals surface area contributed by atoms with Crippen LogP contribution < -0.4 is 10.6 Å². The van der Waals surface area contributed by atoms with Crippen molar-refractivity contribution in [2.24, 2.45) is 0 Å². The first kappa shape index (κ1) is 10.9. The van der Waals surface area contributed by atoms with Gasteiger partial charge in [-0.2, -0.15) is 0 Å². The normalized spacial score (nSPS) is 24.1. The molecule has 2 atom stereocenters. The number of hydrogen-bond donors (Lipinski definition) is 2. The second-order valence-electron chi connectivity index (χ2n) is 3.94. The Morgan fingerprint density at radius 3 is 2.75 bits per heavy atom. The van der Waals surface area contributed by atoms with E-state index in [0.29, 0.717) is 24.9 Å². The van der Waals surface area contributed by atoms with Crippen LogP contribution in [-0.4, -0.2) is 23.2 Å². The maximum atomic E-state index is 12.9. The number of carbonyl (C=O) groups excluding carboxylic acids is 1. The Hall–Kier alpha value is -1.65. The van der Waals surface area contributed by atoms with Gasteiger partial charge in [0.05, 0.1) is 0 Å². The molecule has 0 aromatic carbocycles. The SMILES string of the molecule is O=C(Nc1ccncc1)N[C@H]1CC[C@H](F)C1. The number of nitrogens with one attached hydrogen (secondary N) is 2. The minimum absolute atomic E-state index is 0.0446. The van der Waals surface area contributed by atoms with Crippen LogP contribution in [0.1, 0.15) is 19.3 Å². The smallest absolute Gasteiger partial charge is 0.319 e. The van der Waals surface area contributed by atoms with E-state index in [0.717, 1.165) is 0 Å². The number of amides is 2. The Morgan fingerprint density at radius 2 is 2.12 bits per heavy atom. The van der Waals surface area contributed by atoms with E-state index in [1.54, 1.807) is 24.5 Å². The van der Waals surface area contributed by atoms with Crippen LogP contribution in [0.4, 0.5) is 14.9 Å². The summed E-state index contributed by atoms with van der Waals surface area (Å²) >= 11 is 0. The van der Waals surface area contributed by atoms with Gasteiger partial charge in [-0.1, -0.05) is 0 Å². The minimum Gasteiger partial charge on any atom is -0.335 e.